The number of sulfonamides is 1. The van der Waals surface area contributed by atoms with Crippen molar-refractivity contribution in [2.75, 3.05) is 35.7 Å². The minimum absolute atomic E-state index is 0.130. The first-order valence-corrected chi connectivity index (χ1v) is 13.0. The molecule has 0 radical (unpaired) electrons. The van der Waals surface area contributed by atoms with E-state index in [9.17, 15) is 18.0 Å². The number of aryl methyl sites for hydroxylation is 1. The van der Waals surface area contributed by atoms with Crippen LogP contribution >= 0.6 is 34.4 Å². The lowest BCUT2D eigenvalue weighted by Crippen LogP contribution is -2.40. The fourth-order valence-corrected chi connectivity index (χ4v) is 5.64. The van der Waals surface area contributed by atoms with Gasteiger partial charge in [0.1, 0.15) is 5.01 Å². The number of thioether (sulfide) groups is 1. The monoisotopic (exact) mass is 477 g/mol. The zero-order chi connectivity index (χ0) is 21.0. The Morgan fingerprint density at radius 1 is 1.10 bits per heavy atom. The second-order valence-electron chi connectivity index (χ2n) is 6.26. The summed E-state index contributed by atoms with van der Waals surface area (Å²) in [5.74, 6) is -0.570. The van der Waals surface area contributed by atoms with Crippen LogP contribution in [0.25, 0.3) is 0 Å². The summed E-state index contributed by atoms with van der Waals surface area (Å²) in [6, 6.07) is 0. The van der Waals surface area contributed by atoms with Gasteiger partial charge in [-0.05, 0) is 19.8 Å². The van der Waals surface area contributed by atoms with E-state index in [0.29, 0.717) is 40.5 Å². The Labute approximate surface area is 179 Å². The topological polar surface area (TPSA) is 147 Å². The van der Waals surface area contributed by atoms with Crippen LogP contribution in [-0.4, -0.2) is 70.0 Å². The van der Waals surface area contributed by atoms with E-state index < -0.39 is 10.0 Å². The van der Waals surface area contributed by atoms with E-state index in [1.807, 2.05) is 0 Å². The van der Waals surface area contributed by atoms with Crippen molar-refractivity contribution >= 4 is 66.5 Å². The molecule has 2 aromatic heterocycles. The Bertz CT molecular complexity index is 982. The molecule has 2 N–H and O–H groups in total. The van der Waals surface area contributed by atoms with Crippen LogP contribution in [-0.2, 0) is 19.6 Å². The predicted molar refractivity (Wildman–Crippen MR) is 112 cm³/mol. The number of piperidine rings is 1. The molecule has 29 heavy (non-hydrogen) atoms. The number of carbonyl (C=O) groups excluding carboxylic acids is 2. The number of hydrogen-bond acceptors (Lipinski definition) is 11. The van der Waals surface area contributed by atoms with Gasteiger partial charge < -0.3 is 5.32 Å². The van der Waals surface area contributed by atoms with Gasteiger partial charge in [0.15, 0.2) is 4.34 Å². The molecular weight excluding hydrogens is 458 g/mol. The third-order valence-electron chi connectivity index (χ3n) is 4.03. The quantitative estimate of drug-likeness (QED) is 0.441. The third-order valence-corrected chi connectivity index (χ3v) is 8.06. The second kappa shape index (κ2) is 9.42. The summed E-state index contributed by atoms with van der Waals surface area (Å²) >= 11 is 3.68. The summed E-state index contributed by atoms with van der Waals surface area (Å²) in [4.78, 5) is 24.3. The van der Waals surface area contributed by atoms with E-state index in [4.69, 9.17) is 0 Å². The molecule has 158 valence electrons. The smallest absolute Gasteiger partial charge is 0.236 e. The highest BCUT2D eigenvalue weighted by Crippen LogP contribution is 2.27. The molecule has 15 heteroatoms. The van der Waals surface area contributed by atoms with Gasteiger partial charge in [-0.1, -0.05) is 34.4 Å². The average molecular weight is 478 g/mol. The van der Waals surface area contributed by atoms with Crippen molar-refractivity contribution < 1.29 is 18.0 Å². The lowest BCUT2D eigenvalue weighted by molar-refractivity contribution is -0.121. The normalized spacial score (nSPS) is 15.9. The molecule has 3 heterocycles. The molecule has 1 aliphatic heterocycles. The maximum Gasteiger partial charge on any atom is 0.236 e. The highest BCUT2D eigenvalue weighted by Gasteiger charge is 2.29. The number of aromatic nitrogens is 4. The molecule has 0 bridgehead atoms. The molecule has 2 amide bonds. The number of anilines is 2. The number of hydrogen-bond donors (Lipinski definition) is 2. The lowest BCUT2D eigenvalue weighted by atomic mass is 9.97. The fourth-order valence-electron chi connectivity index (χ4n) is 2.61. The number of amides is 2. The predicted octanol–water partition coefficient (Wildman–Crippen LogP) is 1.04. The lowest BCUT2D eigenvalue weighted by Gasteiger charge is -2.29. The van der Waals surface area contributed by atoms with Crippen molar-refractivity contribution in [2.45, 2.75) is 24.1 Å². The fraction of sp³-hybridized carbons (Fsp3) is 0.571. The van der Waals surface area contributed by atoms with Gasteiger partial charge in [0, 0.05) is 19.0 Å². The highest BCUT2D eigenvalue weighted by atomic mass is 32.2. The summed E-state index contributed by atoms with van der Waals surface area (Å²) in [7, 11) is -3.22. The highest BCUT2D eigenvalue weighted by molar-refractivity contribution is 8.01. The SMILES string of the molecule is Cc1nnc(NC(=O)CSc2nnc(NC(=O)C3CCN(S(C)(=O)=O)CC3)s2)s1. The Hall–Kier alpha value is -1.68. The maximum absolute atomic E-state index is 12.4. The van der Waals surface area contributed by atoms with E-state index in [1.165, 1.54) is 45.0 Å². The van der Waals surface area contributed by atoms with E-state index in [-0.39, 0.29) is 23.5 Å². The Morgan fingerprint density at radius 2 is 1.76 bits per heavy atom. The van der Waals surface area contributed by atoms with Crippen molar-refractivity contribution in [3.8, 4) is 0 Å². The van der Waals surface area contributed by atoms with Crippen LogP contribution in [0.5, 0.6) is 0 Å². The second-order valence-corrected chi connectivity index (χ2v) is 11.6. The van der Waals surface area contributed by atoms with Crippen LogP contribution in [0.4, 0.5) is 10.3 Å². The van der Waals surface area contributed by atoms with Crippen molar-refractivity contribution in [2.24, 2.45) is 5.92 Å². The minimum atomic E-state index is -3.22. The minimum Gasteiger partial charge on any atom is -0.300 e. The number of nitrogens with one attached hydrogen (secondary N) is 2. The molecule has 1 aliphatic rings. The summed E-state index contributed by atoms with van der Waals surface area (Å²) in [6.45, 7) is 2.46. The number of carbonyl (C=O) groups is 2. The Morgan fingerprint density at radius 3 is 2.38 bits per heavy atom. The largest absolute Gasteiger partial charge is 0.300 e. The van der Waals surface area contributed by atoms with Crippen LogP contribution in [0.1, 0.15) is 17.8 Å². The van der Waals surface area contributed by atoms with Crippen LogP contribution in [0.3, 0.4) is 0 Å². The zero-order valence-corrected chi connectivity index (χ0v) is 18.9. The standard InChI is InChI=1S/C14H19N7O4S4/c1-8-17-18-12(27-8)15-10(22)7-26-14-20-19-13(28-14)16-11(23)9-3-5-21(6-4-9)29(2,24)25/h9H,3-7H2,1-2H3,(H,15,18,22)(H,16,19,23). The van der Waals surface area contributed by atoms with Crippen LogP contribution in [0.2, 0.25) is 0 Å². The first-order chi connectivity index (χ1) is 13.7. The van der Waals surface area contributed by atoms with Crippen molar-refractivity contribution in [1.82, 2.24) is 24.7 Å². The molecule has 2 aromatic rings. The van der Waals surface area contributed by atoms with Gasteiger partial charge in [-0.25, -0.2) is 12.7 Å². The van der Waals surface area contributed by atoms with Gasteiger partial charge in [0.25, 0.3) is 0 Å². The third kappa shape index (κ3) is 6.40. The maximum atomic E-state index is 12.4. The van der Waals surface area contributed by atoms with Crippen LogP contribution in [0, 0.1) is 12.8 Å². The molecule has 1 saturated heterocycles. The van der Waals surface area contributed by atoms with E-state index in [1.54, 1.807) is 6.92 Å². The molecule has 0 aromatic carbocycles. The first kappa shape index (κ1) is 22.0. The molecule has 0 unspecified atom stereocenters. The summed E-state index contributed by atoms with van der Waals surface area (Å²) in [5, 5.41) is 22.5. The zero-order valence-electron chi connectivity index (χ0n) is 15.6. The van der Waals surface area contributed by atoms with Crippen molar-refractivity contribution in [3.05, 3.63) is 5.01 Å². The molecular formula is C14H19N7O4S4. The first-order valence-electron chi connectivity index (χ1n) is 8.53. The van der Waals surface area contributed by atoms with Gasteiger partial charge in [0.2, 0.25) is 32.1 Å². The number of rotatable bonds is 7. The van der Waals surface area contributed by atoms with Crippen molar-refractivity contribution in [3.63, 3.8) is 0 Å². The number of nitrogens with zero attached hydrogens (tertiary/aromatic N) is 5. The van der Waals surface area contributed by atoms with Crippen LogP contribution in [0.15, 0.2) is 4.34 Å². The summed E-state index contributed by atoms with van der Waals surface area (Å²) in [6.07, 6.45) is 2.10. The molecule has 3 rings (SSSR count). The Kier molecular flexibility index (Phi) is 7.15. The molecule has 1 fully saturated rings. The molecule has 0 saturated carbocycles. The molecule has 0 atom stereocenters. The van der Waals surface area contributed by atoms with Gasteiger partial charge >= 0.3 is 0 Å². The van der Waals surface area contributed by atoms with E-state index in [2.05, 4.69) is 31.0 Å². The van der Waals surface area contributed by atoms with Gasteiger partial charge in [0.05, 0.1) is 12.0 Å². The van der Waals surface area contributed by atoms with Crippen molar-refractivity contribution in [1.29, 1.82) is 0 Å². The van der Waals surface area contributed by atoms with Gasteiger partial charge in [-0.15, -0.1) is 20.4 Å². The summed E-state index contributed by atoms with van der Waals surface area (Å²) < 4.78 is 25.0. The summed E-state index contributed by atoms with van der Waals surface area (Å²) in [5.41, 5.74) is 0. The van der Waals surface area contributed by atoms with E-state index >= 15 is 0 Å². The molecule has 0 aliphatic carbocycles. The van der Waals surface area contributed by atoms with Gasteiger partial charge in [-0.2, -0.15) is 0 Å². The Balaban J connectivity index is 1.44. The average Bonchev–Trinajstić information content (AvgIpc) is 3.28. The van der Waals surface area contributed by atoms with Crippen LogP contribution < -0.4 is 10.6 Å². The molecule has 0 spiro atoms. The van der Waals surface area contributed by atoms with E-state index in [0.717, 1.165) is 5.01 Å². The molecule has 11 nitrogen and oxygen atoms in total. The van der Waals surface area contributed by atoms with Gasteiger partial charge in [-0.3, -0.25) is 14.9 Å².